The molecule has 4 rings (SSSR count). The molecule has 0 radical (unpaired) electrons. The lowest BCUT2D eigenvalue weighted by molar-refractivity contribution is 0.103. The molecule has 1 aromatic carbocycles. The van der Waals surface area contributed by atoms with Gasteiger partial charge in [0.05, 0.1) is 6.42 Å². The molecule has 0 amide bonds. The van der Waals surface area contributed by atoms with Crippen molar-refractivity contribution in [3.05, 3.63) is 47.7 Å². The van der Waals surface area contributed by atoms with Gasteiger partial charge in [-0.15, -0.1) is 0 Å². The summed E-state index contributed by atoms with van der Waals surface area (Å²) in [5.41, 5.74) is 2.30. The van der Waals surface area contributed by atoms with E-state index >= 15 is 0 Å². The summed E-state index contributed by atoms with van der Waals surface area (Å²) in [6.45, 7) is 0.789. The molecular weight excluding hydrogens is 254 g/mol. The highest BCUT2D eigenvalue weighted by Crippen LogP contribution is 2.27. The first-order valence-electron chi connectivity index (χ1n) is 6.89. The highest BCUT2D eigenvalue weighted by Gasteiger charge is 2.23. The van der Waals surface area contributed by atoms with Crippen molar-refractivity contribution in [3.8, 4) is 0 Å². The molecule has 1 saturated heterocycles. The van der Waals surface area contributed by atoms with Crippen LogP contribution in [0.15, 0.2) is 35.0 Å². The van der Waals surface area contributed by atoms with Gasteiger partial charge in [0.2, 0.25) is 11.7 Å². The van der Waals surface area contributed by atoms with E-state index in [-0.39, 0.29) is 6.10 Å². The molecule has 1 fully saturated rings. The second-order valence-electron chi connectivity index (χ2n) is 5.08. The van der Waals surface area contributed by atoms with Gasteiger partial charge in [-0.25, -0.2) is 0 Å². The Bertz CT molecular complexity index is 725. The third-order valence-corrected chi connectivity index (χ3v) is 3.72. The summed E-state index contributed by atoms with van der Waals surface area (Å²) in [6, 6.07) is 8.21. The minimum atomic E-state index is 0.00969. The van der Waals surface area contributed by atoms with Crippen molar-refractivity contribution in [2.24, 2.45) is 0 Å². The predicted molar refractivity (Wildman–Crippen MR) is 73.3 cm³/mol. The van der Waals surface area contributed by atoms with E-state index in [2.05, 4.69) is 27.3 Å². The predicted octanol–water partition coefficient (Wildman–Crippen LogP) is 2.99. The van der Waals surface area contributed by atoms with Gasteiger partial charge in [0.15, 0.2) is 0 Å². The normalized spacial score (nSPS) is 18.9. The second kappa shape index (κ2) is 4.76. The number of H-pyrrole nitrogens is 1. The average molecular weight is 269 g/mol. The highest BCUT2D eigenvalue weighted by molar-refractivity contribution is 5.83. The largest absolute Gasteiger partial charge is 0.370 e. The molecule has 2 aromatic heterocycles. The van der Waals surface area contributed by atoms with Gasteiger partial charge in [0.1, 0.15) is 6.10 Å². The van der Waals surface area contributed by atoms with Crippen molar-refractivity contribution in [2.75, 3.05) is 6.61 Å². The van der Waals surface area contributed by atoms with E-state index in [1.165, 1.54) is 10.9 Å². The minimum absolute atomic E-state index is 0.00969. The Labute approximate surface area is 115 Å². The zero-order valence-corrected chi connectivity index (χ0v) is 11.0. The number of hydrogen-bond acceptors (Lipinski definition) is 4. The third kappa shape index (κ3) is 2.00. The number of aromatic nitrogens is 3. The molecule has 3 heterocycles. The van der Waals surface area contributed by atoms with Gasteiger partial charge in [-0.3, -0.25) is 0 Å². The third-order valence-electron chi connectivity index (χ3n) is 3.72. The summed E-state index contributed by atoms with van der Waals surface area (Å²) in [7, 11) is 0. The first-order chi connectivity index (χ1) is 9.90. The van der Waals surface area contributed by atoms with E-state index < -0.39 is 0 Å². The molecule has 0 spiro atoms. The number of aromatic amines is 1. The monoisotopic (exact) mass is 269 g/mol. The molecule has 0 saturated carbocycles. The molecular formula is C15H15N3O2. The van der Waals surface area contributed by atoms with E-state index in [1.807, 2.05) is 18.3 Å². The lowest BCUT2D eigenvalue weighted by Gasteiger charge is -2.00. The van der Waals surface area contributed by atoms with Crippen LogP contribution in [-0.2, 0) is 11.2 Å². The van der Waals surface area contributed by atoms with Crippen LogP contribution in [0, 0.1) is 0 Å². The summed E-state index contributed by atoms with van der Waals surface area (Å²) < 4.78 is 10.9. The quantitative estimate of drug-likeness (QED) is 0.794. The first-order valence-corrected chi connectivity index (χ1v) is 6.89. The molecule has 5 heteroatoms. The fraction of sp³-hybridized carbons (Fsp3) is 0.333. The number of ether oxygens (including phenoxy) is 1. The maximum absolute atomic E-state index is 5.57. The Morgan fingerprint density at radius 1 is 1.30 bits per heavy atom. The maximum atomic E-state index is 5.57. The van der Waals surface area contributed by atoms with Crippen molar-refractivity contribution in [1.29, 1.82) is 0 Å². The molecule has 1 aliphatic rings. The van der Waals surface area contributed by atoms with Gasteiger partial charge in [-0.1, -0.05) is 23.4 Å². The Morgan fingerprint density at radius 2 is 2.25 bits per heavy atom. The average Bonchev–Trinajstić information content (AvgIpc) is 3.19. The summed E-state index contributed by atoms with van der Waals surface area (Å²) in [6.07, 6.45) is 4.70. The van der Waals surface area contributed by atoms with Gasteiger partial charge in [-0.2, -0.15) is 4.98 Å². The molecule has 1 atom stereocenters. The molecule has 1 unspecified atom stereocenters. The van der Waals surface area contributed by atoms with Gasteiger partial charge in [0, 0.05) is 23.7 Å². The van der Waals surface area contributed by atoms with Crippen LogP contribution in [0.3, 0.4) is 0 Å². The van der Waals surface area contributed by atoms with Gasteiger partial charge in [0.25, 0.3) is 0 Å². The Kier molecular flexibility index (Phi) is 2.77. The first kappa shape index (κ1) is 11.7. The van der Waals surface area contributed by atoms with Crippen molar-refractivity contribution < 1.29 is 9.26 Å². The van der Waals surface area contributed by atoms with Crippen LogP contribution in [0.4, 0.5) is 0 Å². The summed E-state index contributed by atoms with van der Waals surface area (Å²) >= 11 is 0. The molecule has 0 bridgehead atoms. The lowest BCUT2D eigenvalue weighted by Crippen LogP contribution is -1.98. The molecule has 20 heavy (non-hydrogen) atoms. The number of nitrogens with zero attached hydrogens (tertiary/aromatic N) is 2. The standard InChI is InChI=1S/C15H15N3O2/c1-2-5-12-11(4-1)10(9-16-12)8-14-17-15(18-20-14)13-6-3-7-19-13/h1-2,4-5,9,13,16H,3,6-8H2. The zero-order valence-electron chi connectivity index (χ0n) is 11.0. The molecule has 5 nitrogen and oxygen atoms in total. The van der Waals surface area contributed by atoms with Gasteiger partial charge < -0.3 is 14.2 Å². The SMILES string of the molecule is c1ccc2c(Cc3nc(C4CCCO4)no3)c[nH]c2c1. The van der Waals surface area contributed by atoms with Crippen LogP contribution in [0.25, 0.3) is 10.9 Å². The van der Waals surface area contributed by atoms with E-state index in [0.717, 1.165) is 25.0 Å². The number of hydrogen-bond donors (Lipinski definition) is 1. The van der Waals surface area contributed by atoms with Crippen LogP contribution < -0.4 is 0 Å². The Balaban J connectivity index is 1.59. The zero-order chi connectivity index (χ0) is 13.4. The summed E-state index contributed by atoms with van der Waals surface area (Å²) in [5, 5.41) is 5.24. The Morgan fingerprint density at radius 3 is 3.15 bits per heavy atom. The fourth-order valence-electron chi connectivity index (χ4n) is 2.69. The lowest BCUT2D eigenvalue weighted by atomic mass is 10.1. The van der Waals surface area contributed by atoms with Crippen molar-refractivity contribution in [2.45, 2.75) is 25.4 Å². The highest BCUT2D eigenvalue weighted by atomic mass is 16.5. The molecule has 102 valence electrons. The molecule has 1 aliphatic heterocycles. The van der Waals surface area contributed by atoms with Gasteiger partial charge in [-0.05, 0) is 24.5 Å². The van der Waals surface area contributed by atoms with Crippen LogP contribution in [0.1, 0.15) is 36.2 Å². The van der Waals surface area contributed by atoms with Crippen LogP contribution in [0.2, 0.25) is 0 Å². The molecule has 3 aromatic rings. The molecule has 0 aliphatic carbocycles. The van der Waals surface area contributed by atoms with Crippen LogP contribution >= 0.6 is 0 Å². The topological polar surface area (TPSA) is 63.9 Å². The fourth-order valence-corrected chi connectivity index (χ4v) is 2.69. The van der Waals surface area contributed by atoms with E-state index in [9.17, 15) is 0 Å². The van der Waals surface area contributed by atoms with E-state index in [0.29, 0.717) is 18.1 Å². The number of fused-ring (bicyclic) bond motifs is 1. The smallest absolute Gasteiger partial charge is 0.231 e. The minimum Gasteiger partial charge on any atom is -0.370 e. The number of rotatable bonds is 3. The van der Waals surface area contributed by atoms with Crippen molar-refractivity contribution >= 4 is 10.9 Å². The summed E-state index contributed by atoms with van der Waals surface area (Å²) in [4.78, 5) is 7.71. The van der Waals surface area contributed by atoms with Crippen molar-refractivity contribution in [1.82, 2.24) is 15.1 Å². The number of nitrogens with one attached hydrogen (secondary N) is 1. The maximum Gasteiger partial charge on any atom is 0.231 e. The van der Waals surface area contributed by atoms with E-state index in [1.54, 1.807) is 0 Å². The van der Waals surface area contributed by atoms with Crippen molar-refractivity contribution in [3.63, 3.8) is 0 Å². The van der Waals surface area contributed by atoms with Gasteiger partial charge >= 0.3 is 0 Å². The van der Waals surface area contributed by atoms with Crippen LogP contribution in [0.5, 0.6) is 0 Å². The Hall–Kier alpha value is -2.14. The van der Waals surface area contributed by atoms with Crippen LogP contribution in [-0.4, -0.2) is 21.7 Å². The number of para-hydroxylation sites is 1. The second-order valence-corrected chi connectivity index (χ2v) is 5.08. The molecule has 1 N–H and O–H groups in total. The summed E-state index contributed by atoms with van der Waals surface area (Å²) in [5.74, 6) is 1.32. The number of benzene rings is 1. The van der Waals surface area contributed by atoms with E-state index in [4.69, 9.17) is 9.26 Å².